The molecule has 0 aliphatic rings. The number of benzene rings is 1. The molecular weight excluding hydrogens is 292 g/mol. The molecule has 1 aromatic heterocycles. The number of hydrogen-bond donors (Lipinski definition) is 0. The van der Waals surface area contributed by atoms with E-state index in [4.69, 9.17) is 0 Å². The summed E-state index contributed by atoms with van der Waals surface area (Å²) in [6, 6.07) is 13.3. The van der Waals surface area contributed by atoms with Crippen molar-refractivity contribution in [3.63, 3.8) is 0 Å². The molecule has 1 heterocycles. The van der Waals surface area contributed by atoms with Crippen LogP contribution in [0.3, 0.4) is 0 Å². The predicted octanol–water partition coefficient (Wildman–Crippen LogP) is 4.85. The molecular formula is C15H17BrS. The van der Waals surface area contributed by atoms with Gasteiger partial charge in [0.25, 0.3) is 0 Å². The minimum absolute atomic E-state index is 0.691. The Morgan fingerprint density at radius 3 is 2.47 bits per heavy atom. The third-order valence-electron chi connectivity index (χ3n) is 2.93. The molecule has 0 aliphatic carbocycles. The summed E-state index contributed by atoms with van der Waals surface area (Å²) >= 11 is 5.50. The fraction of sp³-hybridized carbons (Fsp3) is 0.333. The number of rotatable bonds is 5. The molecule has 2 aromatic rings. The lowest BCUT2D eigenvalue weighted by Crippen LogP contribution is -2.09. The molecule has 2 rings (SSSR count). The fourth-order valence-corrected chi connectivity index (χ4v) is 3.23. The maximum Gasteiger partial charge on any atom is 0.00663 e. The van der Waals surface area contributed by atoms with E-state index in [1.165, 1.54) is 22.4 Å². The van der Waals surface area contributed by atoms with Gasteiger partial charge in [0.2, 0.25) is 0 Å². The Balaban J connectivity index is 1.97. The van der Waals surface area contributed by atoms with E-state index in [-0.39, 0.29) is 0 Å². The van der Waals surface area contributed by atoms with E-state index in [0.29, 0.717) is 5.92 Å². The Bertz CT molecular complexity index is 430. The van der Waals surface area contributed by atoms with Gasteiger partial charge in [-0.15, -0.1) is 11.3 Å². The number of halogens is 1. The normalized spacial score (nSPS) is 12.6. The third kappa shape index (κ3) is 3.97. The van der Waals surface area contributed by atoms with Crippen LogP contribution in [0.1, 0.15) is 16.0 Å². The van der Waals surface area contributed by atoms with Crippen molar-refractivity contribution in [2.24, 2.45) is 5.92 Å². The second-order valence-electron chi connectivity index (χ2n) is 4.49. The van der Waals surface area contributed by atoms with E-state index in [9.17, 15) is 0 Å². The first-order valence-corrected chi connectivity index (χ1v) is 7.92. The van der Waals surface area contributed by atoms with Crippen molar-refractivity contribution in [3.8, 4) is 0 Å². The Kier molecular flexibility index (Phi) is 4.81. The zero-order chi connectivity index (χ0) is 12.1. The number of thiophene rings is 1. The first-order valence-electron chi connectivity index (χ1n) is 5.92. The highest BCUT2D eigenvalue weighted by molar-refractivity contribution is 9.09. The Morgan fingerprint density at radius 2 is 1.88 bits per heavy atom. The summed E-state index contributed by atoms with van der Waals surface area (Å²) in [4.78, 5) is 1.49. The van der Waals surface area contributed by atoms with Crippen LogP contribution in [0.15, 0.2) is 41.8 Å². The molecule has 0 radical (unpaired) electrons. The minimum atomic E-state index is 0.691. The van der Waals surface area contributed by atoms with Crippen LogP contribution in [-0.4, -0.2) is 5.33 Å². The molecule has 17 heavy (non-hydrogen) atoms. The zero-order valence-electron chi connectivity index (χ0n) is 10.0. The lowest BCUT2D eigenvalue weighted by Gasteiger charge is -2.13. The molecule has 1 aromatic carbocycles. The van der Waals surface area contributed by atoms with Crippen LogP contribution in [0.25, 0.3) is 0 Å². The highest BCUT2D eigenvalue weighted by atomic mass is 79.9. The lowest BCUT2D eigenvalue weighted by atomic mass is 9.97. The summed E-state index contributed by atoms with van der Waals surface area (Å²) in [6.07, 6.45) is 2.33. The van der Waals surface area contributed by atoms with Crippen LogP contribution in [0, 0.1) is 12.8 Å². The third-order valence-corrected chi connectivity index (χ3v) is 4.75. The van der Waals surface area contributed by atoms with Gasteiger partial charge in [0, 0.05) is 10.2 Å². The fourth-order valence-electron chi connectivity index (χ4n) is 1.95. The molecule has 90 valence electrons. The molecule has 0 amide bonds. The Morgan fingerprint density at radius 1 is 1.12 bits per heavy atom. The maximum absolute atomic E-state index is 3.64. The monoisotopic (exact) mass is 308 g/mol. The highest BCUT2D eigenvalue weighted by Crippen LogP contribution is 2.20. The van der Waals surface area contributed by atoms with Gasteiger partial charge in [-0.25, -0.2) is 0 Å². The van der Waals surface area contributed by atoms with Gasteiger partial charge in [-0.2, -0.15) is 0 Å². The molecule has 0 nitrogen and oxygen atoms in total. The van der Waals surface area contributed by atoms with Gasteiger partial charge in [0.1, 0.15) is 0 Å². The summed E-state index contributed by atoms with van der Waals surface area (Å²) in [7, 11) is 0. The van der Waals surface area contributed by atoms with Gasteiger partial charge in [0.05, 0.1) is 0 Å². The van der Waals surface area contributed by atoms with Crippen molar-refractivity contribution in [1.29, 1.82) is 0 Å². The first-order chi connectivity index (χ1) is 8.28. The summed E-state index contributed by atoms with van der Waals surface area (Å²) in [6.45, 7) is 2.14. The predicted molar refractivity (Wildman–Crippen MR) is 80.2 cm³/mol. The van der Waals surface area contributed by atoms with Crippen molar-refractivity contribution in [2.75, 3.05) is 5.33 Å². The van der Waals surface area contributed by atoms with Crippen molar-refractivity contribution >= 4 is 27.3 Å². The molecule has 0 fully saturated rings. The standard InChI is InChI=1S/C15H17BrS/c1-12-4-6-13(7-5-12)9-14(11-16)10-15-3-2-8-17-15/h2-8,14H,9-11H2,1H3. The zero-order valence-corrected chi connectivity index (χ0v) is 12.4. The number of aryl methyl sites for hydroxylation is 1. The van der Waals surface area contributed by atoms with Gasteiger partial charge in [-0.3, -0.25) is 0 Å². The van der Waals surface area contributed by atoms with E-state index < -0.39 is 0 Å². The SMILES string of the molecule is Cc1ccc(CC(CBr)Cc2cccs2)cc1. The second-order valence-corrected chi connectivity index (χ2v) is 6.17. The molecule has 1 unspecified atom stereocenters. The van der Waals surface area contributed by atoms with E-state index in [0.717, 1.165) is 11.8 Å². The van der Waals surface area contributed by atoms with Gasteiger partial charge < -0.3 is 0 Å². The summed E-state index contributed by atoms with van der Waals surface area (Å²) in [5.41, 5.74) is 2.78. The lowest BCUT2D eigenvalue weighted by molar-refractivity contribution is 0.596. The van der Waals surface area contributed by atoms with Crippen LogP contribution in [0.4, 0.5) is 0 Å². The van der Waals surface area contributed by atoms with Crippen LogP contribution in [0.2, 0.25) is 0 Å². The molecule has 0 N–H and O–H groups in total. The topological polar surface area (TPSA) is 0 Å². The quantitative estimate of drug-likeness (QED) is 0.692. The molecule has 0 saturated heterocycles. The molecule has 0 spiro atoms. The molecule has 0 bridgehead atoms. The largest absolute Gasteiger partial charge is 0.149 e. The molecule has 0 saturated carbocycles. The Labute approximate surface area is 116 Å². The van der Waals surface area contributed by atoms with Gasteiger partial charge in [-0.1, -0.05) is 51.8 Å². The van der Waals surface area contributed by atoms with Crippen molar-refractivity contribution in [2.45, 2.75) is 19.8 Å². The van der Waals surface area contributed by atoms with Gasteiger partial charge in [-0.05, 0) is 42.7 Å². The maximum atomic E-state index is 3.64. The van der Waals surface area contributed by atoms with Crippen LogP contribution in [0.5, 0.6) is 0 Å². The summed E-state index contributed by atoms with van der Waals surface area (Å²) < 4.78 is 0. The molecule has 0 aliphatic heterocycles. The van der Waals surface area contributed by atoms with E-state index in [2.05, 4.69) is 64.6 Å². The minimum Gasteiger partial charge on any atom is -0.149 e. The summed E-state index contributed by atoms with van der Waals surface area (Å²) in [5, 5.41) is 3.23. The summed E-state index contributed by atoms with van der Waals surface area (Å²) in [5.74, 6) is 0.691. The Hall–Kier alpha value is -0.600. The van der Waals surface area contributed by atoms with Gasteiger partial charge in [0.15, 0.2) is 0 Å². The van der Waals surface area contributed by atoms with Gasteiger partial charge >= 0.3 is 0 Å². The first kappa shape index (κ1) is 12.8. The average molecular weight is 309 g/mol. The van der Waals surface area contributed by atoms with Crippen molar-refractivity contribution < 1.29 is 0 Å². The van der Waals surface area contributed by atoms with Crippen molar-refractivity contribution in [3.05, 3.63) is 57.8 Å². The number of alkyl halides is 1. The van der Waals surface area contributed by atoms with Crippen molar-refractivity contribution in [1.82, 2.24) is 0 Å². The second kappa shape index (κ2) is 6.36. The smallest absolute Gasteiger partial charge is 0.00663 e. The number of hydrogen-bond acceptors (Lipinski definition) is 1. The van der Waals surface area contributed by atoms with Crippen LogP contribution >= 0.6 is 27.3 Å². The van der Waals surface area contributed by atoms with E-state index >= 15 is 0 Å². The highest BCUT2D eigenvalue weighted by Gasteiger charge is 2.10. The van der Waals surface area contributed by atoms with Crippen LogP contribution in [-0.2, 0) is 12.8 Å². The van der Waals surface area contributed by atoms with Crippen LogP contribution < -0.4 is 0 Å². The molecule has 1 atom stereocenters. The van der Waals surface area contributed by atoms with E-state index in [1.807, 2.05) is 11.3 Å². The van der Waals surface area contributed by atoms with E-state index in [1.54, 1.807) is 0 Å². The molecule has 2 heteroatoms. The average Bonchev–Trinajstić information content (AvgIpc) is 2.84.